The van der Waals surface area contributed by atoms with Crippen molar-refractivity contribution in [3.63, 3.8) is 0 Å². The van der Waals surface area contributed by atoms with Gasteiger partial charge < -0.3 is 5.32 Å². The lowest BCUT2D eigenvalue weighted by molar-refractivity contribution is 0.490. The van der Waals surface area contributed by atoms with Gasteiger partial charge in [0.05, 0.1) is 11.2 Å². The minimum Gasteiger partial charge on any atom is -0.309 e. The average molecular weight is 238 g/mol. The molecule has 0 saturated heterocycles. The number of aryl methyl sites for hydroxylation is 1. The van der Waals surface area contributed by atoms with Crippen molar-refractivity contribution in [2.24, 2.45) is 0 Å². The van der Waals surface area contributed by atoms with Crippen LogP contribution in [0.3, 0.4) is 0 Å². The molecule has 0 amide bonds. The number of aromatic nitrogens is 1. The van der Waals surface area contributed by atoms with Crippen molar-refractivity contribution in [2.45, 2.75) is 45.6 Å². The lowest BCUT2D eigenvalue weighted by atomic mass is 10.1. The van der Waals surface area contributed by atoms with Gasteiger partial charge in [-0.1, -0.05) is 13.0 Å². The number of hydrogen-bond acceptors (Lipinski definition) is 3. The van der Waals surface area contributed by atoms with Gasteiger partial charge in [-0.2, -0.15) is 0 Å². The first kappa shape index (κ1) is 13.4. The Balaban J connectivity index is 2.56. The molecule has 1 rings (SSSR count). The Morgan fingerprint density at radius 2 is 2.44 bits per heavy atom. The summed E-state index contributed by atoms with van der Waals surface area (Å²) in [6, 6.07) is 0.479. The average Bonchev–Trinajstić information content (AvgIpc) is 2.70. The van der Waals surface area contributed by atoms with Gasteiger partial charge in [-0.05, 0) is 39.2 Å². The van der Waals surface area contributed by atoms with Crippen molar-refractivity contribution in [1.29, 1.82) is 0 Å². The molecule has 0 bridgehead atoms. The molecule has 0 aliphatic rings. The van der Waals surface area contributed by atoms with E-state index in [0.29, 0.717) is 6.04 Å². The molecule has 3 heteroatoms. The Morgan fingerprint density at radius 3 is 3.00 bits per heavy atom. The first-order chi connectivity index (χ1) is 7.79. The maximum atomic E-state index is 4.33. The molecule has 2 nitrogen and oxygen atoms in total. The number of nitrogens with one attached hydrogen (secondary N) is 1. The highest BCUT2D eigenvalue weighted by atomic mass is 32.1. The van der Waals surface area contributed by atoms with Crippen LogP contribution in [0, 0.1) is 6.92 Å². The lowest BCUT2D eigenvalue weighted by Gasteiger charge is -2.17. The molecule has 1 unspecified atom stereocenters. The second-order valence-electron chi connectivity index (χ2n) is 4.03. The fourth-order valence-electron chi connectivity index (χ4n) is 1.76. The number of nitrogens with zero attached hydrogens (tertiary/aromatic N) is 1. The van der Waals surface area contributed by atoms with E-state index in [4.69, 9.17) is 0 Å². The summed E-state index contributed by atoms with van der Waals surface area (Å²) in [5.41, 5.74) is 3.12. The van der Waals surface area contributed by atoms with Crippen molar-refractivity contribution in [3.05, 3.63) is 28.7 Å². The van der Waals surface area contributed by atoms with Crippen molar-refractivity contribution in [2.75, 3.05) is 6.54 Å². The molecule has 0 fully saturated rings. The molecule has 1 atom stereocenters. The summed E-state index contributed by atoms with van der Waals surface area (Å²) < 4.78 is 0. The number of hydrogen-bond donors (Lipinski definition) is 1. The van der Waals surface area contributed by atoms with Gasteiger partial charge in [0.2, 0.25) is 0 Å². The van der Waals surface area contributed by atoms with Gasteiger partial charge in [-0.15, -0.1) is 17.9 Å². The molecule has 1 N–H and O–H groups in total. The number of rotatable bonds is 8. The van der Waals surface area contributed by atoms with E-state index >= 15 is 0 Å². The second kappa shape index (κ2) is 7.58. The zero-order valence-electron chi connectivity index (χ0n) is 10.3. The normalized spacial score (nSPS) is 12.6. The highest BCUT2D eigenvalue weighted by Crippen LogP contribution is 2.26. The SMILES string of the molecule is C=CCCCC(NCCC)c1scnc1C. The van der Waals surface area contributed by atoms with Gasteiger partial charge in [0.15, 0.2) is 0 Å². The summed E-state index contributed by atoms with van der Waals surface area (Å²) in [7, 11) is 0. The number of unbranched alkanes of at least 4 members (excludes halogenated alkanes) is 1. The number of allylic oxidation sites excluding steroid dienone is 1. The quantitative estimate of drug-likeness (QED) is 0.549. The Labute approximate surface area is 103 Å². The fourth-order valence-corrected chi connectivity index (χ4v) is 2.67. The van der Waals surface area contributed by atoms with Crippen LogP contribution >= 0.6 is 11.3 Å². The van der Waals surface area contributed by atoms with Gasteiger partial charge in [0.1, 0.15) is 0 Å². The summed E-state index contributed by atoms with van der Waals surface area (Å²) >= 11 is 1.77. The summed E-state index contributed by atoms with van der Waals surface area (Å²) in [5.74, 6) is 0. The molecular formula is C13H22N2S. The summed E-state index contributed by atoms with van der Waals surface area (Å²) in [5, 5.41) is 3.61. The van der Waals surface area contributed by atoms with Gasteiger partial charge in [0.25, 0.3) is 0 Å². The molecule has 0 aliphatic heterocycles. The maximum Gasteiger partial charge on any atom is 0.0798 e. The third-order valence-corrected chi connectivity index (χ3v) is 3.69. The molecule has 0 spiro atoms. The lowest BCUT2D eigenvalue weighted by Crippen LogP contribution is -2.22. The maximum absolute atomic E-state index is 4.33. The van der Waals surface area contributed by atoms with E-state index in [0.717, 1.165) is 13.0 Å². The molecule has 1 aromatic rings. The van der Waals surface area contributed by atoms with Crippen LogP contribution in [-0.4, -0.2) is 11.5 Å². The summed E-state index contributed by atoms with van der Waals surface area (Å²) in [4.78, 5) is 5.73. The van der Waals surface area contributed by atoms with Crippen molar-refractivity contribution >= 4 is 11.3 Å². The minimum atomic E-state index is 0.479. The van der Waals surface area contributed by atoms with E-state index in [1.807, 2.05) is 11.6 Å². The molecule has 0 aromatic carbocycles. The van der Waals surface area contributed by atoms with Gasteiger partial charge in [-0.3, -0.25) is 0 Å². The second-order valence-corrected chi connectivity index (χ2v) is 4.91. The van der Waals surface area contributed by atoms with Crippen molar-refractivity contribution in [1.82, 2.24) is 10.3 Å². The van der Waals surface area contributed by atoms with E-state index in [2.05, 4.69) is 30.7 Å². The topological polar surface area (TPSA) is 24.9 Å². The highest BCUT2D eigenvalue weighted by Gasteiger charge is 2.14. The molecular weight excluding hydrogens is 216 g/mol. The van der Waals surface area contributed by atoms with Crippen LogP contribution in [-0.2, 0) is 0 Å². The predicted molar refractivity (Wildman–Crippen MR) is 71.9 cm³/mol. The first-order valence-corrected chi connectivity index (χ1v) is 6.91. The van der Waals surface area contributed by atoms with Crippen LogP contribution in [0.1, 0.15) is 49.2 Å². The van der Waals surface area contributed by atoms with Crippen molar-refractivity contribution in [3.8, 4) is 0 Å². The molecule has 16 heavy (non-hydrogen) atoms. The minimum absolute atomic E-state index is 0.479. The first-order valence-electron chi connectivity index (χ1n) is 6.03. The molecule has 0 aliphatic carbocycles. The summed E-state index contributed by atoms with van der Waals surface area (Å²) in [6.45, 7) is 9.15. The predicted octanol–water partition coefficient (Wildman–Crippen LogP) is 3.85. The van der Waals surface area contributed by atoms with Gasteiger partial charge in [-0.25, -0.2) is 4.98 Å². The molecule has 1 heterocycles. The van der Waals surface area contributed by atoms with Crippen molar-refractivity contribution < 1.29 is 0 Å². The Morgan fingerprint density at radius 1 is 1.62 bits per heavy atom. The zero-order valence-corrected chi connectivity index (χ0v) is 11.1. The highest BCUT2D eigenvalue weighted by molar-refractivity contribution is 7.09. The summed E-state index contributed by atoms with van der Waals surface area (Å²) in [6.07, 6.45) is 6.64. The zero-order chi connectivity index (χ0) is 11.8. The number of thiazole rings is 1. The van der Waals surface area contributed by atoms with E-state index in [-0.39, 0.29) is 0 Å². The monoisotopic (exact) mass is 238 g/mol. The van der Waals surface area contributed by atoms with E-state index in [9.17, 15) is 0 Å². The fraction of sp³-hybridized carbons (Fsp3) is 0.615. The Kier molecular flexibility index (Phi) is 6.34. The Bertz CT molecular complexity index is 307. The van der Waals surface area contributed by atoms with E-state index in [1.165, 1.54) is 29.8 Å². The third-order valence-electron chi connectivity index (χ3n) is 2.64. The molecule has 0 radical (unpaired) electrons. The molecule has 0 saturated carbocycles. The van der Waals surface area contributed by atoms with Crippen LogP contribution in [0.5, 0.6) is 0 Å². The van der Waals surface area contributed by atoms with Crippen LogP contribution in [0.4, 0.5) is 0 Å². The molecule has 1 aromatic heterocycles. The van der Waals surface area contributed by atoms with Crippen LogP contribution < -0.4 is 5.32 Å². The molecule has 90 valence electrons. The van der Waals surface area contributed by atoms with Gasteiger partial charge >= 0.3 is 0 Å². The largest absolute Gasteiger partial charge is 0.309 e. The van der Waals surface area contributed by atoms with Crippen LogP contribution in [0.15, 0.2) is 18.2 Å². The Hall–Kier alpha value is -0.670. The van der Waals surface area contributed by atoms with E-state index < -0.39 is 0 Å². The van der Waals surface area contributed by atoms with E-state index in [1.54, 1.807) is 11.3 Å². The van der Waals surface area contributed by atoms with Crippen LogP contribution in [0.25, 0.3) is 0 Å². The standard InChI is InChI=1S/C13H22N2S/c1-4-6-7-8-12(14-9-5-2)13-11(3)15-10-16-13/h4,10,12,14H,1,5-9H2,2-3H3. The van der Waals surface area contributed by atoms with Gasteiger partial charge in [0, 0.05) is 10.9 Å². The third kappa shape index (κ3) is 4.06. The van der Waals surface area contributed by atoms with Crippen LogP contribution in [0.2, 0.25) is 0 Å². The smallest absolute Gasteiger partial charge is 0.0798 e.